The van der Waals surface area contributed by atoms with E-state index in [1.165, 1.54) is 10.5 Å². The third kappa shape index (κ3) is 3.68. The first kappa shape index (κ1) is 15.5. The number of piperazine rings is 1. The molecule has 1 N–H and O–H groups in total. The van der Waals surface area contributed by atoms with Crippen LogP contribution < -0.4 is 9.64 Å². The summed E-state index contributed by atoms with van der Waals surface area (Å²) in [5.74, 6) is 0.700. The van der Waals surface area contributed by atoms with Gasteiger partial charge in [0.15, 0.2) is 0 Å². The third-order valence-corrected chi connectivity index (χ3v) is 4.27. The number of methoxy groups -OCH3 is 1. The predicted molar refractivity (Wildman–Crippen MR) is 87.5 cm³/mol. The number of nitrogens with zero attached hydrogens (tertiary/aromatic N) is 2. The fourth-order valence-corrected chi connectivity index (χ4v) is 2.99. The molecule has 0 atom stereocenters. The minimum Gasteiger partial charge on any atom is -0.496 e. The van der Waals surface area contributed by atoms with Crippen molar-refractivity contribution in [3.8, 4) is 5.75 Å². The highest BCUT2D eigenvalue weighted by Gasteiger charge is 2.26. The maximum absolute atomic E-state index is 12.7. The summed E-state index contributed by atoms with van der Waals surface area (Å²) in [4.78, 5) is 20.2. The Morgan fingerprint density at radius 3 is 2.70 bits per heavy atom. The van der Waals surface area contributed by atoms with Crippen LogP contribution in [0.1, 0.15) is 15.9 Å². The van der Waals surface area contributed by atoms with Gasteiger partial charge in [-0.3, -0.25) is 9.78 Å². The molecule has 1 amide bonds. The molecule has 0 bridgehead atoms. The van der Waals surface area contributed by atoms with E-state index >= 15 is 0 Å². The smallest absolute Gasteiger partial charge is 0.258 e. The molecule has 120 valence electrons. The molecule has 0 unspecified atom stereocenters. The minimum absolute atomic E-state index is 0.0582. The van der Waals surface area contributed by atoms with E-state index in [1.54, 1.807) is 13.3 Å². The summed E-state index contributed by atoms with van der Waals surface area (Å²) in [6, 6.07) is 11.5. The van der Waals surface area contributed by atoms with Crippen molar-refractivity contribution in [2.75, 3.05) is 33.3 Å². The molecule has 2 heterocycles. The lowest BCUT2D eigenvalue weighted by molar-refractivity contribution is -0.917. The van der Waals surface area contributed by atoms with Crippen molar-refractivity contribution in [2.24, 2.45) is 0 Å². The molecular formula is C18H22N3O2+. The molecule has 1 aromatic heterocycles. The fourth-order valence-electron chi connectivity index (χ4n) is 2.99. The second-order valence-corrected chi connectivity index (χ2v) is 5.78. The van der Waals surface area contributed by atoms with E-state index in [1.807, 2.05) is 41.4 Å². The minimum atomic E-state index is 0.0582. The van der Waals surface area contributed by atoms with Gasteiger partial charge in [0.05, 0.1) is 38.9 Å². The zero-order chi connectivity index (χ0) is 16.1. The van der Waals surface area contributed by atoms with Gasteiger partial charge >= 0.3 is 0 Å². The number of aromatic nitrogens is 1. The zero-order valence-electron chi connectivity index (χ0n) is 13.4. The van der Waals surface area contributed by atoms with E-state index in [9.17, 15) is 4.79 Å². The molecule has 0 radical (unpaired) electrons. The first-order valence-corrected chi connectivity index (χ1v) is 7.92. The number of hydrogen-bond donors (Lipinski definition) is 1. The number of pyridine rings is 1. The standard InChI is InChI=1S/C18H21N3O2/c1-23-17-7-3-2-6-16(17)18(22)21-11-9-20(10-12-21)14-15-5-4-8-19-13-15/h2-8,13H,9-12,14H2,1H3/p+1. The van der Waals surface area contributed by atoms with Gasteiger partial charge in [-0.2, -0.15) is 0 Å². The molecule has 5 nitrogen and oxygen atoms in total. The summed E-state index contributed by atoms with van der Waals surface area (Å²) in [6.07, 6.45) is 3.71. The number of quaternary nitrogens is 1. The van der Waals surface area contributed by atoms with Crippen LogP contribution in [0.2, 0.25) is 0 Å². The lowest BCUT2D eigenvalue weighted by Gasteiger charge is -2.32. The van der Waals surface area contributed by atoms with Crippen LogP contribution in [0.5, 0.6) is 5.75 Å². The molecule has 1 aliphatic rings. The van der Waals surface area contributed by atoms with Crippen molar-refractivity contribution in [1.82, 2.24) is 9.88 Å². The number of benzene rings is 1. The molecule has 1 saturated heterocycles. The van der Waals surface area contributed by atoms with Gasteiger partial charge in [0.1, 0.15) is 12.3 Å². The number of rotatable bonds is 4. The van der Waals surface area contributed by atoms with Gasteiger partial charge < -0.3 is 14.5 Å². The average molecular weight is 312 g/mol. The van der Waals surface area contributed by atoms with Crippen LogP contribution in [0.4, 0.5) is 0 Å². The van der Waals surface area contributed by atoms with Crippen molar-refractivity contribution in [3.63, 3.8) is 0 Å². The average Bonchev–Trinajstić information content (AvgIpc) is 2.62. The Labute approximate surface area is 136 Å². The number of carbonyl (C=O) groups excluding carboxylic acids is 1. The normalized spacial score (nSPS) is 15.4. The quantitative estimate of drug-likeness (QED) is 0.901. The highest BCUT2D eigenvalue weighted by Crippen LogP contribution is 2.19. The van der Waals surface area contributed by atoms with Crippen molar-refractivity contribution in [1.29, 1.82) is 0 Å². The maximum atomic E-state index is 12.7. The molecule has 1 fully saturated rings. The van der Waals surface area contributed by atoms with E-state index in [0.717, 1.165) is 32.7 Å². The molecule has 1 aromatic carbocycles. The molecule has 0 saturated carbocycles. The van der Waals surface area contributed by atoms with Crippen LogP contribution in [0.15, 0.2) is 48.8 Å². The Kier molecular flexibility index (Phi) is 4.88. The first-order chi connectivity index (χ1) is 11.3. The largest absolute Gasteiger partial charge is 0.496 e. The number of nitrogens with one attached hydrogen (secondary N) is 1. The Morgan fingerprint density at radius 2 is 2.00 bits per heavy atom. The van der Waals surface area contributed by atoms with Crippen LogP contribution in [-0.4, -0.2) is 49.1 Å². The molecule has 5 heteroatoms. The van der Waals surface area contributed by atoms with E-state index in [0.29, 0.717) is 11.3 Å². The fraction of sp³-hybridized carbons (Fsp3) is 0.333. The van der Waals surface area contributed by atoms with Gasteiger partial charge in [0, 0.05) is 18.0 Å². The van der Waals surface area contributed by atoms with Gasteiger partial charge in [0.25, 0.3) is 5.91 Å². The Hall–Kier alpha value is -2.40. The molecule has 3 rings (SSSR count). The monoisotopic (exact) mass is 312 g/mol. The molecule has 0 aliphatic carbocycles. The van der Waals surface area contributed by atoms with E-state index in [2.05, 4.69) is 11.1 Å². The summed E-state index contributed by atoms with van der Waals surface area (Å²) < 4.78 is 5.30. The van der Waals surface area contributed by atoms with Gasteiger partial charge in [-0.1, -0.05) is 18.2 Å². The summed E-state index contributed by atoms with van der Waals surface area (Å²) in [7, 11) is 1.60. The van der Waals surface area contributed by atoms with E-state index < -0.39 is 0 Å². The van der Waals surface area contributed by atoms with Gasteiger partial charge in [0.2, 0.25) is 0 Å². The number of hydrogen-bond acceptors (Lipinski definition) is 3. The summed E-state index contributed by atoms with van der Waals surface area (Å²) >= 11 is 0. The summed E-state index contributed by atoms with van der Waals surface area (Å²) in [5.41, 5.74) is 1.89. The van der Waals surface area contributed by atoms with E-state index in [-0.39, 0.29) is 5.91 Å². The van der Waals surface area contributed by atoms with Crippen LogP contribution in [-0.2, 0) is 6.54 Å². The molecule has 1 aliphatic heterocycles. The lowest BCUT2D eigenvalue weighted by atomic mass is 10.1. The van der Waals surface area contributed by atoms with Gasteiger partial charge in [-0.15, -0.1) is 0 Å². The van der Waals surface area contributed by atoms with Crippen LogP contribution in [0.25, 0.3) is 0 Å². The predicted octanol–water partition coefficient (Wildman–Crippen LogP) is 0.631. The van der Waals surface area contributed by atoms with Crippen LogP contribution in [0.3, 0.4) is 0 Å². The van der Waals surface area contributed by atoms with Gasteiger partial charge in [-0.25, -0.2) is 0 Å². The van der Waals surface area contributed by atoms with Crippen molar-refractivity contribution >= 4 is 5.91 Å². The SMILES string of the molecule is COc1ccccc1C(=O)N1CC[NH+](Cc2cccnc2)CC1. The molecule has 0 spiro atoms. The van der Waals surface area contributed by atoms with Crippen molar-refractivity contribution in [3.05, 3.63) is 59.9 Å². The first-order valence-electron chi connectivity index (χ1n) is 7.92. The van der Waals surface area contributed by atoms with Crippen LogP contribution in [0, 0.1) is 0 Å². The number of para-hydroxylation sites is 1. The summed E-state index contributed by atoms with van der Waals surface area (Å²) in [6.45, 7) is 4.41. The van der Waals surface area contributed by atoms with E-state index in [4.69, 9.17) is 4.74 Å². The summed E-state index contributed by atoms with van der Waals surface area (Å²) in [5, 5.41) is 0. The zero-order valence-corrected chi connectivity index (χ0v) is 13.4. The van der Waals surface area contributed by atoms with Crippen molar-refractivity contribution in [2.45, 2.75) is 6.54 Å². The van der Waals surface area contributed by atoms with Crippen LogP contribution >= 0.6 is 0 Å². The Bertz CT molecular complexity index is 652. The highest BCUT2D eigenvalue weighted by atomic mass is 16.5. The second-order valence-electron chi connectivity index (χ2n) is 5.78. The van der Waals surface area contributed by atoms with Gasteiger partial charge in [-0.05, 0) is 18.2 Å². The molecule has 2 aromatic rings. The molecular weight excluding hydrogens is 290 g/mol. The number of carbonyl (C=O) groups is 1. The maximum Gasteiger partial charge on any atom is 0.258 e. The number of ether oxygens (including phenoxy) is 1. The topological polar surface area (TPSA) is 46.9 Å². The third-order valence-electron chi connectivity index (χ3n) is 4.27. The van der Waals surface area contributed by atoms with Crippen molar-refractivity contribution < 1.29 is 14.4 Å². The number of amides is 1. The highest BCUT2D eigenvalue weighted by molar-refractivity contribution is 5.97. The second kappa shape index (κ2) is 7.24. The Balaban J connectivity index is 1.59. The lowest BCUT2D eigenvalue weighted by Crippen LogP contribution is -3.13. The Morgan fingerprint density at radius 1 is 1.22 bits per heavy atom. The molecule has 23 heavy (non-hydrogen) atoms.